The van der Waals surface area contributed by atoms with Crippen LogP contribution in [0.4, 0.5) is 0 Å². The number of fused-ring (bicyclic) bond motifs is 1. The molecule has 1 N–H and O–H groups in total. The van der Waals surface area contributed by atoms with Gasteiger partial charge < -0.3 is 9.84 Å². The minimum atomic E-state index is -0.841. The van der Waals surface area contributed by atoms with Crippen molar-refractivity contribution in [3.05, 3.63) is 20.3 Å². The van der Waals surface area contributed by atoms with Crippen LogP contribution in [0.25, 0.3) is 0 Å². The molecule has 0 fully saturated rings. The molecule has 76 valence electrons. The van der Waals surface area contributed by atoms with E-state index < -0.39 is 5.97 Å². The number of carbonyl (C=O) groups is 1. The van der Waals surface area contributed by atoms with Crippen LogP contribution in [0.15, 0.2) is 0 Å². The van der Waals surface area contributed by atoms with Gasteiger partial charge in [-0.2, -0.15) is 0 Å². The second kappa shape index (κ2) is 3.88. The summed E-state index contributed by atoms with van der Waals surface area (Å²) in [6.07, 6.45) is 0.857. The molecule has 1 aliphatic heterocycles. The molecular weight excluding hydrogens is 224 g/mol. The Balaban J connectivity index is 2.33. The summed E-state index contributed by atoms with van der Waals surface area (Å²) in [6.45, 7) is 1.22. The standard InChI is InChI=1S/C9H9ClO3S/c10-9-5-4-13-2-1-6(5)14-7(9)3-8(11)12/h1-4H2,(H,11,12). The lowest BCUT2D eigenvalue weighted by Gasteiger charge is -2.11. The number of hydrogen-bond donors (Lipinski definition) is 1. The van der Waals surface area contributed by atoms with Crippen LogP contribution in [0, 0.1) is 0 Å². The van der Waals surface area contributed by atoms with E-state index in [2.05, 4.69) is 0 Å². The molecule has 0 saturated carbocycles. The van der Waals surface area contributed by atoms with E-state index in [1.54, 1.807) is 0 Å². The van der Waals surface area contributed by atoms with Crippen LogP contribution in [0.1, 0.15) is 15.3 Å². The van der Waals surface area contributed by atoms with Crippen LogP contribution in [-0.2, 0) is 29.0 Å². The summed E-state index contributed by atoms with van der Waals surface area (Å²) in [5.74, 6) is -0.841. The second-order valence-electron chi connectivity index (χ2n) is 3.11. The zero-order chi connectivity index (χ0) is 10.1. The molecule has 14 heavy (non-hydrogen) atoms. The number of thiophene rings is 1. The van der Waals surface area contributed by atoms with E-state index in [0.29, 0.717) is 18.2 Å². The fourth-order valence-electron chi connectivity index (χ4n) is 1.48. The molecule has 1 aromatic heterocycles. The Hall–Kier alpha value is -0.580. The topological polar surface area (TPSA) is 46.5 Å². The Morgan fingerprint density at radius 3 is 3.07 bits per heavy atom. The lowest BCUT2D eigenvalue weighted by atomic mass is 10.2. The number of aliphatic carboxylic acids is 1. The van der Waals surface area contributed by atoms with Gasteiger partial charge in [-0.1, -0.05) is 11.6 Å². The van der Waals surface area contributed by atoms with Crippen molar-refractivity contribution in [2.45, 2.75) is 19.4 Å². The first-order valence-electron chi connectivity index (χ1n) is 4.27. The fraction of sp³-hybridized carbons (Fsp3) is 0.444. The van der Waals surface area contributed by atoms with Crippen LogP contribution in [0.2, 0.25) is 5.02 Å². The highest BCUT2D eigenvalue weighted by atomic mass is 35.5. The van der Waals surface area contributed by atoms with Crippen molar-refractivity contribution in [3.8, 4) is 0 Å². The summed E-state index contributed by atoms with van der Waals surface area (Å²) in [5, 5.41) is 9.26. The predicted molar refractivity (Wildman–Crippen MR) is 54.0 cm³/mol. The van der Waals surface area contributed by atoms with E-state index in [1.165, 1.54) is 16.2 Å². The van der Waals surface area contributed by atoms with Gasteiger partial charge in [0.15, 0.2) is 0 Å². The molecular formula is C9H9ClO3S. The highest BCUT2D eigenvalue weighted by Crippen LogP contribution is 2.36. The Bertz CT molecular complexity index is 372. The predicted octanol–water partition coefficient (Wildman–Crippen LogP) is 2.10. The minimum absolute atomic E-state index is 0.0104. The molecule has 0 atom stereocenters. The summed E-state index contributed by atoms with van der Waals surface area (Å²) in [4.78, 5) is 12.5. The van der Waals surface area contributed by atoms with Gasteiger partial charge in [0.2, 0.25) is 0 Å². The van der Waals surface area contributed by atoms with Gasteiger partial charge in [-0.3, -0.25) is 4.79 Å². The first kappa shape index (κ1) is 9.96. The molecule has 0 bridgehead atoms. The van der Waals surface area contributed by atoms with Crippen molar-refractivity contribution < 1.29 is 14.6 Å². The van der Waals surface area contributed by atoms with E-state index in [-0.39, 0.29) is 6.42 Å². The minimum Gasteiger partial charge on any atom is -0.481 e. The van der Waals surface area contributed by atoms with Gasteiger partial charge in [0.25, 0.3) is 0 Å². The zero-order valence-corrected chi connectivity index (χ0v) is 8.95. The van der Waals surface area contributed by atoms with E-state index >= 15 is 0 Å². The summed E-state index contributed by atoms with van der Waals surface area (Å²) >= 11 is 7.55. The van der Waals surface area contributed by atoms with Gasteiger partial charge in [0.05, 0.1) is 24.7 Å². The summed E-state index contributed by atoms with van der Waals surface area (Å²) in [6, 6.07) is 0. The van der Waals surface area contributed by atoms with E-state index in [9.17, 15) is 4.79 Å². The quantitative estimate of drug-likeness (QED) is 0.850. The van der Waals surface area contributed by atoms with Crippen molar-refractivity contribution in [1.82, 2.24) is 0 Å². The maximum Gasteiger partial charge on any atom is 0.308 e. The van der Waals surface area contributed by atoms with Gasteiger partial charge in [-0.05, 0) is 0 Å². The first-order chi connectivity index (χ1) is 6.68. The Labute approximate surface area is 90.3 Å². The van der Waals surface area contributed by atoms with E-state index in [1.807, 2.05) is 0 Å². The molecule has 0 spiro atoms. The highest BCUT2D eigenvalue weighted by molar-refractivity contribution is 7.13. The largest absolute Gasteiger partial charge is 0.481 e. The molecule has 0 aliphatic carbocycles. The van der Waals surface area contributed by atoms with Gasteiger partial charge >= 0.3 is 5.97 Å². The molecule has 0 unspecified atom stereocenters. The van der Waals surface area contributed by atoms with E-state index in [4.69, 9.17) is 21.4 Å². The lowest BCUT2D eigenvalue weighted by Crippen LogP contribution is -2.06. The molecule has 0 radical (unpaired) electrons. The van der Waals surface area contributed by atoms with Gasteiger partial charge in [-0.15, -0.1) is 11.3 Å². The Kier molecular flexibility index (Phi) is 2.76. The molecule has 1 aliphatic rings. The summed E-state index contributed by atoms with van der Waals surface area (Å²) in [7, 11) is 0. The third kappa shape index (κ3) is 1.78. The number of hydrogen-bond acceptors (Lipinski definition) is 3. The van der Waals surface area contributed by atoms with Crippen molar-refractivity contribution in [2.75, 3.05) is 6.61 Å². The average molecular weight is 233 g/mol. The van der Waals surface area contributed by atoms with Gasteiger partial charge in [-0.25, -0.2) is 0 Å². The maximum absolute atomic E-state index is 10.6. The highest BCUT2D eigenvalue weighted by Gasteiger charge is 2.20. The van der Waals surface area contributed by atoms with Crippen molar-refractivity contribution >= 4 is 28.9 Å². The Morgan fingerprint density at radius 1 is 1.64 bits per heavy atom. The summed E-state index contributed by atoms with van der Waals surface area (Å²) in [5.41, 5.74) is 0.985. The van der Waals surface area contributed by atoms with Crippen LogP contribution < -0.4 is 0 Å². The smallest absolute Gasteiger partial charge is 0.308 e. The molecule has 2 heterocycles. The number of halogens is 1. The number of carboxylic acid groups (broad SMARTS) is 1. The van der Waals surface area contributed by atoms with Crippen molar-refractivity contribution in [2.24, 2.45) is 0 Å². The SMILES string of the molecule is O=C(O)Cc1sc2c(c1Cl)COCC2. The molecule has 5 heteroatoms. The summed E-state index contributed by atoms with van der Waals surface area (Å²) < 4.78 is 5.27. The van der Waals surface area contributed by atoms with Crippen molar-refractivity contribution in [3.63, 3.8) is 0 Å². The van der Waals surface area contributed by atoms with Crippen molar-refractivity contribution in [1.29, 1.82) is 0 Å². The first-order valence-corrected chi connectivity index (χ1v) is 5.46. The number of ether oxygens (including phenoxy) is 1. The van der Waals surface area contributed by atoms with Crippen LogP contribution in [-0.4, -0.2) is 17.7 Å². The monoisotopic (exact) mass is 232 g/mol. The average Bonchev–Trinajstić information content (AvgIpc) is 2.44. The Morgan fingerprint density at radius 2 is 2.43 bits per heavy atom. The third-order valence-electron chi connectivity index (χ3n) is 2.12. The van der Waals surface area contributed by atoms with Crippen LogP contribution in [0.5, 0.6) is 0 Å². The molecule has 3 nitrogen and oxygen atoms in total. The maximum atomic E-state index is 10.6. The normalized spacial score (nSPS) is 15.2. The fourth-order valence-corrected chi connectivity index (χ4v) is 3.06. The number of rotatable bonds is 2. The van der Waals surface area contributed by atoms with E-state index in [0.717, 1.165) is 16.9 Å². The van der Waals surface area contributed by atoms with Gasteiger partial charge in [0.1, 0.15) is 0 Å². The molecule has 0 aromatic carbocycles. The molecule has 0 saturated heterocycles. The lowest BCUT2D eigenvalue weighted by molar-refractivity contribution is -0.136. The molecule has 2 rings (SSSR count). The molecule has 0 amide bonds. The van der Waals surface area contributed by atoms with Gasteiger partial charge in [0, 0.05) is 21.7 Å². The third-order valence-corrected chi connectivity index (χ3v) is 3.98. The molecule has 1 aromatic rings. The van der Waals surface area contributed by atoms with Crippen LogP contribution >= 0.6 is 22.9 Å². The zero-order valence-electron chi connectivity index (χ0n) is 7.38. The van der Waals surface area contributed by atoms with Crippen LogP contribution in [0.3, 0.4) is 0 Å². The number of carboxylic acids is 1. The second-order valence-corrected chi connectivity index (χ2v) is 4.68.